The number of amides is 2. The molecule has 3 rings (SSSR count). The molecule has 1 saturated heterocycles. The van der Waals surface area contributed by atoms with Crippen molar-refractivity contribution in [3.8, 4) is 0 Å². The summed E-state index contributed by atoms with van der Waals surface area (Å²) in [5, 5.41) is 10.8. The summed E-state index contributed by atoms with van der Waals surface area (Å²) >= 11 is 0. The highest BCUT2D eigenvalue weighted by atomic mass is 16.2. The predicted octanol–water partition coefficient (Wildman–Crippen LogP) is 2.48. The number of urea groups is 1. The molecule has 0 aliphatic carbocycles. The number of nitrogens with zero attached hydrogens (tertiary/aromatic N) is 4. The van der Waals surface area contributed by atoms with Crippen LogP contribution >= 0.6 is 0 Å². The number of rotatable bonds is 3. The summed E-state index contributed by atoms with van der Waals surface area (Å²) in [6, 6.07) is 6.59. The van der Waals surface area contributed by atoms with Gasteiger partial charge in [0.2, 0.25) is 0 Å². The second-order valence-corrected chi connectivity index (χ2v) is 6.25. The van der Waals surface area contributed by atoms with E-state index in [2.05, 4.69) is 47.7 Å². The van der Waals surface area contributed by atoms with Gasteiger partial charge in [-0.1, -0.05) is 29.0 Å². The number of benzene rings is 1. The minimum atomic E-state index is -0.0286. The molecular weight excluding hydrogens is 290 g/mol. The average Bonchev–Trinajstić information content (AvgIpc) is 3.16. The van der Waals surface area contributed by atoms with E-state index >= 15 is 0 Å². The highest BCUT2D eigenvalue weighted by molar-refractivity contribution is 5.75. The van der Waals surface area contributed by atoms with Gasteiger partial charge in [0.15, 0.2) is 0 Å². The Labute approximate surface area is 136 Å². The Kier molecular flexibility index (Phi) is 4.32. The van der Waals surface area contributed by atoms with E-state index in [1.807, 2.05) is 18.1 Å². The van der Waals surface area contributed by atoms with Gasteiger partial charge in [-0.3, -0.25) is 4.68 Å². The molecule has 1 aliphatic rings. The molecule has 6 heteroatoms. The number of likely N-dealkylation sites (tertiary alicyclic amines) is 1. The van der Waals surface area contributed by atoms with Crippen LogP contribution in [0.3, 0.4) is 0 Å². The molecule has 1 unspecified atom stereocenters. The van der Waals surface area contributed by atoms with E-state index in [4.69, 9.17) is 0 Å². The molecule has 1 aliphatic heterocycles. The second-order valence-electron chi connectivity index (χ2n) is 6.25. The van der Waals surface area contributed by atoms with Crippen LogP contribution in [0.1, 0.15) is 41.3 Å². The van der Waals surface area contributed by atoms with Crippen molar-refractivity contribution in [2.75, 3.05) is 6.54 Å². The van der Waals surface area contributed by atoms with Gasteiger partial charge < -0.3 is 10.2 Å². The van der Waals surface area contributed by atoms with Gasteiger partial charge in [0.1, 0.15) is 5.69 Å². The molecule has 6 nitrogen and oxygen atoms in total. The number of hydrogen-bond donors (Lipinski definition) is 1. The predicted molar refractivity (Wildman–Crippen MR) is 87.8 cm³/mol. The van der Waals surface area contributed by atoms with E-state index in [1.54, 1.807) is 4.68 Å². The van der Waals surface area contributed by atoms with Crippen molar-refractivity contribution in [1.82, 2.24) is 25.2 Å². The van der Waals surface area contributed by atoms with Gasteiger partial charge in [0.25, 0.3) is 0 Å². The van der Waals surface area contributed by atoms with Crippen molar-refractivity contribution in [2.45, 2.75) is 39.3 Å². The van der Waals surface area contributed by atoms with Gasteiger partial charge in [-0.05, 0) is 37.8 Å². The van der Waals surface area contributed by atoms with E-state index in [9.17, 15) is 4.79 Å². The Balaban J connectivity index is 1.70. The van der Waals surface area contributed by atoms with Crippen LogP contribution in [0.4, 0.5) is 4.79 Å². The highest BCUT2D eigenvalue weighted by Gasteiger charge is 2.30. The zero-order valence-corrected chi connectivity index (χ0v) is 13.9. The van der Waals surface area contributed by atoms with Gasteiger partial charge >= 0.3 is 6.03 Å². The monoisotopic (exact) mass is 313 g/mol. The molecule has 1 N–H and O–H groups in total. The molecule has 1 aromatic heterocycles. The summed E-state index contributed by atoms with van der Waals surface area (Å²) in [5.41, 5.74) is 4.51. The molecule has 23 heavy (non-hydrogen) atoms. The maximum Gasteiger partial charge on any atom is 0.318 e. The fourth-order valence-electron chi connectivity index (χ4n) is 3.20. The Morgan fingerprint density at radius 1 is 1.39 bits per heavy atom. The lowest BCUT2D eigenvalue weighted by molar-refractivity contribution is 0.192. The highest BCUT2D eigenvalue weighted by Crippen LogP contribution is 2.34. The summed E-state index contributed by atoms with van der Waals surface area (Å²) in [6.07, 6.45) is 3.87. The van der Waals surface area contributed by atoms with Crippen molar-refractivity contribution < 1.29 is 4.79 Å². The third kappa shape index (κ3) is 3.36. The summed E-state index contributed by atoms with van der Waals surface area (Å²) in [5.74, 6) is 0. The maximum atomic E-state index is 12.6. The van der Waals surface area contributed by atoms with Crippen molar-refractivity contribution in [2.24, 2.45) is 7.05 Å². The Morgan fingerprint density at radius 3 is 2.96 bits per heavy atom. The summed E-state index contributed by atoms with van der Waals surface area (Å²) in [4.78, 5) is 14.5. The smallest absolute Gasteiger partial charge is 0.318 e. The molecule has 1 atom stereocenters. The van der Waals surface area contributed by atoms with Crippen molar-refractivity contribution >= 4 is 6.03 Å². The molecule has 2 amide bonds. The van der Waals surface area contributed by atoms with Crippen LogP contribution in [0.2, 0.25) is 0 Å². The van der Waals surface area contributed by atoms with E-state index in [1.165, 1.54) is 16.7 Å². The standard InChI is InChI=1S/C17H23N5O/c1-12-6-7-13(2)15(9-12)16-5-4-8-22(16)17(23)18-10-14-11-21(3)20-19-14/h6-7,9,11,16H,4-5,8,10H2,1-3H3,(H,18,23). The lowest BCUT2D eigenvalue weighted by Crippen LogP contribution is -2.39. The molecular formula is C17H23N5O. The summed E-state index contributed by atoms with van der Waals surface area (Å²) in [7, 11) is 1.81. The molecule has 0 radical (unpaired) electrons. The molecule has 1 aromatic carbocycles. The van der Waals surface area contributed by atoms with Crippen molar-refractivity contribution in [1.29, 1.82) is 0 Å². The van der Waals surface area contributed by atoms with Crippen LogP contribution in [0.15, 0.2) is 24.4 Å². The quantitative estimate of drug-likeness (QED) is 0.947. The minimum absolute atomic E-state index is 0.0286. The zero-order chi connectivity index (χ0) is 16.4. The third-order valence-electron chi connectivity index (χ3n) is 4.38. The fourth-order valence-corrected chi connectivity index (χ4v) is 3.20. The molecule has 2 aromatic rings. The largest absolute Gasteiger partial charge is 0.332 e. The third-order valence-corrected chi connectivity index (χ3v) is 4.38. The first-order valence-corrected chi connectivity index (χ1v) is 8.01. The number of aromatic nitrogens is 3. The van der Waals surface area contributed by atoms with Crippen LogP contribution in [0.25, 0.3) is 0 Å². The van der Waals surface area contributed by atoms with Crippen molar-refractivity contribution in [3.63, 3.8) is 0 Å². The first-order chi connectivity index (χ1) is 11.0. The number of nitrogens with one attached hydrogen (secondary N) is 1. The molecule has 0 saturated carbocycles. The number of carbonyl (C=O) groups excluding carboxylic acids is 1. The molecule has 122 valence electrons. The van der Waals surface area contributed by atoms with Crippen LogP contribution in [0.5, 0.6) is 0 Å². The van der Waals surface area contributed by atoms with E-state index in [0.29, 0.717) is 6.54 Å². The van der Waals surface area contributed by atoms with E-state index in [0.717, 1.165) is 25.1 Å². The Morgan fingerprint density at radius 2 is 2.22 bits per heavy atom. The van der Waals surface area contributed by atoms with Crippen LogP contribution < -0.4 is 5.32 Å². The molecule has 2 heterocycles. The number of carbonyl (C=O) groups is 1. The van der Waals surface area contributed by atoms with Crippen LogP contribution in [-0.2, 0) is 13.6 Å². The fraction of sp³-hybridized carbons (Fsp3) is 0.471. The van der Waals surface area contributed by atoms with Crippen LogP contribution in [0, 0.1) is 13.8 Å². The second kappa shape index (κ2) is 6.40. The average molecular weight is 313 g/mol. The topological polar surface area (TPSA) is 63.1 Å². The van der Waals surface area contributed by atoms with Crippen LogP contribution in [-0.4, -0.2) is 32.5 Å². The lowest BCUT2D eigenvalue weighted by Gasteiger charge is -2.26. The van der Waals surface area contributed by atoms with E-state index < -0.39 is 0 Å². The summed E-state index contributed by atoms with van der Waals surface area (Å²) in [6.45, 7) is 5.41. The van der Waals surface area contributed by atoms with Gasteiger partial charge in [-0.15, -0.1) is 5.10 Å². The minimum Gasteiger partial charge on any atom is -0.332 e. The Bertz CT molecular complexity index is 709. The van der Waals surface area contributed by atoms with Gasteiger partial charge in [0, 0.05) is 19.8 Å². The first kappa shape index (κ1) is 15.5. The normalized spacial score (nSPS) is 17.5. The lowest BCUT2D eigenvalue weighted by atomic mass is 9.97. The van der Waals surface area contributed by atoms with Crippen molar-refractivity contribution in [3.05, 3.63) is 46.8 Å². The van der Waals surface area contributed by atoms with Gasteiger partial charge in [0.05, 0.1) is 12.6 Å². The number of hydrogen-bond acceptors (Lipinski definition) is 3. The molecule has 0 spiro atoms. The van der Waals surface area contributed by atoms with Gasteiger partial charge in [-0.2, -0.15) is 0 Å². The Hall–Kier alpha value is -2.37. The molecule has 1 fully saturated rings. The maximum absolute atomic E-state index is 12.6. The SMILES string of the molecule is Cc1ccc(C)c(C2CCCN2C(=O)NCc2cn(C)nn2)c1. The zero-order valence-electron chi connectivity index (χ0n) is 13.9. The van der Waals surface area contributed by atoms with Gasteiger partial charge in [-0.25, -0.2) is 4.79 Å². The first-order valence-electron chi connectivity index (χ1n) is 8.01. The number of aryl methyl sites for hydroxylation is 3. The van der Waals surface area contributed by atoms with E-state index in [-0.39, 0.29) is 12.1 Å². The molecule has 0 bridgehead atoms. The summed E-state index contributed by atoms with van der Waals surface area (Å²) < 4.78 is 1.64.